The summed E-state index contributed by atoms with van der Waals surface area (Å²) in [5, 5.41) is 3.94. The zero-order valence-electron chi connectivity index (χ0n) is 17.3. The molecule has 0 bridgehead atoms. The van der Waals surface area contributed by atoms with Crippen molar-refractivity contribution in [1.82, 2.24) is 15.1 Å². The highest BCUT2D eigenvalue weighted by atomic mass is 16.6. The lowest BCUT2D eigenvalue weighted by Crippen LogP contribution is -2.08. The van der Waals surface area contributed by atoms with Gasteiger partial charge in [0.25, 0.3) is 5.89 Å². The van der Waals surface area contributed by atoms with E-state index in [1.807, 2.05) is 38.1 Å². The fourth-order valence-electron chi connectivity index (χ4n) is 3.06. The Labute approximate surface area is 173 Å². The van der Waals surface area contributed by atoms with E-state index in [0.717, 1.165) is 0 Å². The molecular weight excluding hydrogens is 390 g/mol. The number of hydrogen-bond acceptors (Lipinski definition) is 8. The maximum Gasteiger partial charge on any atom is 0.355 e. The highest BCUT2D eigenvalue weighted by molar-refractivity contribution is 5.98. The van der Waals surface area contributed by atoms with Crippen LogP contribution in [0.25, 0.3) is 11.4 Å². The van der Waals surface area contributed by atoms with Crippen molar-refractivity contribution in [2.75, 3.05) is 13.7 Å². The summed E-state index contributed by atoms with van der Waals surface area (Å²) in [6.45, 7) is 5.70. The molecule has 3 aromatic rings. The highest BCUT2D eigenvalue weighted by Crippen LogP contribution is 2.27. The fourth-order valence-corrected chi connectivity index (χ4v) is 3.06. The van der Waals surface area contributed by atoms with Crippen LogP contribution in [0, 0.1) is 6.92 Å². The number of carbonyl (C=O) groups is 2. The van der Waals surface area contributed by atoms with Crippen LogP contribution in [0.5, 0.6) is 5.75 Å². The number of aromatic amines is 1. The number of nitrogens with zero attached hydrogens (tertiary/aromatic N) is 2. The van der Waals surface area contributed by atoms with Gasteiger partial charge in [-0.2, -0.15) is 4.98 Å². The first-order chi connectivity index (χ1) is 14.5. The molecule has 0 aliphatic carbocycles. The molecule has 0 saturated heterocycles. The van der Waals surface area contributed by atoms with E-state index in [0.29, 0.717) is 47.0 Å². The van der Waals surface area contributed by atoms with Crippen molar-refractivity contribution < 1.29 is 28.3 Å². The predicted molar refractivity (Wildman–Crippen MR) is 106 cm³/mol. The van der Waals surface area contributed by atoms with E-state index in [1.165, 1.54) is 7.11 Å². The van der Waals surface area contributed by atoms with Gasteiger partial charge in [-0.3, -0.25) is 0 Å². The molecular formula is C21H23N3O6. The maximum absolute atomic E-state index is 12.5. The Bertz CT molecular complexity index is 1050. The lowest BCUT2D eigenvalue weighted by molar-refractivity contribution is 0.0422. The molecule has 0 spiro atoms. The highest BCUT2D eigenvalue weighted by Gasteiger charge is 2.25. The number of esters is 2. The van der Waals surface area contributed by atoms with Crippen LogP contribution in [0.3, 0.4) is 0 Å². The number of hydrogen-bond donors (Lipinski definition) is 1. The number of para-hydroxylation sites is 1. The first-order valence-electron chi connectivity index (χ1n) is 9.51. The van der Waals surface area contributed by atoms with Crippen LogP contribution < -0.4 is 4.74 Å². The van der Waals surface area contributed by atoms with Gasteiger partial charge in [-0.25, -0.2) is 9.59 Å². The molecule has 30 heavy (non-hydrogen) atoms. The molecule has 0 radical (unpaired) electrons. The summed E-state index contributed by atoms with van der Waals surface area (Å²) in [6.07, 6.45) is 0.533. The van der Waals surface area contributed by atoms with E-state index >= 15 is 0 Å². The topological polar surface area (TPSA) is 117 Å². The third kappa shape index (κ3) is 4.19. The van der Waals surface area contributed by atoms with Gasteiger partial charge >= 0.3 is 11.9 Å². The van der Waals surface area contributed by atoms with Crippen LogP contribution in [0.15, 0.2) is 28.8 Å². The van der Waals surface area contributed by atoms with Gasteiger partial charge in [0, 0.05) is 5.69 Å². The smallest absolute Gasteiger partial charge is 0.355 e. The van der Waals surface area contributed by atoms with Crippen molar-refractivity contribution in [1.29, 1.82) is 0 Å². The van der Waals surface area contributed by atoms with E-state index in [2.05, 4.69) is 15.1 Å². The molecule has 2 heterocycles. The summed E-state index contributed by atoms with van der Waals surface area (Å²) in [7, 11) is 1.29. The Morgan fingerprint density at radius 2 is 1.93 bits per heavy atom. The third-order valence-corrected chi connectivity index (χ3v) is 4.50. The summed E-state index contributed by atoms with van der Waals surface area (Å²) in [5.74, 6) is -0.0325. The monoisotopic (exact) mass is 413 g/mol. The molecule has 0 unspecified atom stereocenters. The maximum atomic E-state index is 12.5. The van der Waals surface area contributed by atoms with Crippen molar-refractivity contribution in [3.63, 3.8) is 0 Å². The molecule has 0 fully saturated rings. The lowest BCUT2D eigenvalue weighted by Gasteiger charge is -2.06. The first-order valence-corrected chi connectivity index (χ1v) is 9.51. The number of ether oxygens (including phenoxy) is 3. The average molecular weight is 413 g/mol. The molecule has 0 aliphatic heterocycles. The second-order valence-corrected chi connectivity index (χ2v) is 6.34. The number of aromatic nitrogens is 3. The minimum Gasteiger partial charge on any atom is -0.493 e. The van der Waals surface area contributed by atoms with E-state index in [1.54, 1.807) is 6.92 Å². The van der Waals surface area contributed by atoms with E-state index in [-0.39, 0.29) is 18.2 Å². The molecule has 158 valence electrons. The third-order valence-electron chi connectivity index (χ3n) is 4.50. The second-order valence-electron chi connectivity index (χ2n) is 6.34. The van der Waals surface area contributed by atoms with Gasteiger partial charge in [0.1, 0.15) is 11.4 Å². The summed E-state index contributed by atoms with van der Waals surface area (Å²) in [5.41, 5.74) is 2.30. The van der Waals surface area contributed by atoms with Crippen molar-refractivity contribution in [2.45, 2.75) is 33.8 Å². The van der Waals surface area contributed by atoms with Crippen molar-refractivity contribution in [2.24, 2.45) is 0 Å². The summed E-state index contributed by atoms with van der Waals surface area (Å²) >= 11 is 0. The van der Waals surface area contributed by atoms with Crippen molar-refractivity contribution in [3.8, 4) is 17.1 Å². The summed E-state index contributed by atoms with van der Waals surface area (Å²) in [6, 6.07) is 7.32. The number of nitrogens with one attached hydrogen (secondary N) is 1. The Kier molecular flexibility index (Phi) is 6.51. The van der Waals surface area contributed by atoms with Crippen molar-refractivity contribution >= 4 is 11.9 Å². The van der Waals surface area contributed by atoms with Crippen LogP contribution in [-0.2, 0) is 22.5 Å². The summed E-state index contributed by atoms with van der Waals surface area (Å²) in [4.78, 5) is 31.8. The molecule has 9 nitrogen and oxygen atoms in total. The molecule has 0 atom stereocenters. The number of H-pyrrole nitrogens is 1. The van der Waals surface area contributed by atoms with Gasteiger partial charge in [0.2, 0.25) is 5.82 Å². The predicted octanol–water partition coefficient (Wildman–Crippen LogP) is 3.48. The largest absolute Gasteiger partial charge is 0.493 e. The van der Waals surface area contributed by atoms with Crippen LogP contribution >= 0.6 is 0 Å². The molecule has 1 aromatic carbocycles. The number of benzene rings is 1. The van der Waals surface area contributed by atoms with Gasteiger partial charge in [0.15, 0.2) is 6.61 Å². The van der Waals surface area contributed by atoms with Gasteiger partial charge in [-0.15, -0.1) is 0 Å². The van der Waals surface area contributed by atoms with Crippen molar-refractivity contribution in [3.05, 3.63) is 52.7 Å². The van der Waals surface area contributed by atoms with E-state index in [9.17, 15) is 9.59 Å². The van der Waals surface area contributed by atoms with Gasteiger partial charge in [0.05, 0.1) is 24.8 Å². The van der Waals surface area contributed by atoms with Gasteiger partial charge in [-0.05, 0) is 38.0 Å². The fraction of sp³-hybridized carbons (Fsp3) is 0.333. The number of rotatable bonds is 8. The minimum absolute atomic E-state index is 0.137. The van der Waals surface area contributed by atoms with Crippen LogP contribution in [0.4, 0.5) is 0 Å². The SMILES string of the molecule is CCOc1ccccc1-c1noc(COC(=O)c2[nH]c(CC)c(C(=O)OC)c2C)n1. The number of methoxy groups -OCH3 is 1. The molecule has 0 saturated carbocycles. The molecule has 0 amide bonds. The van der Waals surface area contributed by atoms with Gasteiger partial charge in [-0.1, -0.05) is 24.2 Å². The van der Waals surface area contributed by atoms with Crippen LogP contribution in [0.1, 0.15) is 51.8 Å². The quantitative estimate of drug-likeness (QED) is 0.558. The van der Waals surface area contributed by atoms with Crippen LogP contribution in [0.2, 0.25) is 0 Å². The Balaban J connectivity index is 1.74. The average Bonchev–Trinajstić information content (AvgIpc) is 3.36. The number of aryl methyl sites for hydroxylation is 1. The second kappa shape index (κ2) is 9.25. The zero-order chi connectivity index (χ0) is 21.7. The zero-order valence-corrected chi connectivity index (χ0v) is 17.3. The Morgan fingerprint density at radius 1 is 1.17 bits per heavy atom. The molecule has 1 N–H and O–H groups in total. The van der Waals surface area contributed by atoms with Crippen LogP contribution in [-0.4, -0.2) is 40.8 Å². The summed E-state index contributed by atoms with van der Waals surface area (Å²) < 4.78 is 20.9. The molecule has 2 aromatic heterocycles. The Morgan fingerprint density at radius 3 is 2.63 bits per heavy atom. The van der Waals surface area contributed by atoms with E-state index in [4.69, 9.17) is 18.7 Å². The van der Waals surface area contributed by atoms with Gasteiger partial charge < -0.3 is 23.7 Å². The standard InChI is InChI=1S/C21H23N3O6/c1-5-14-17(20(25)27-4)12(3)18(22-14)21(26)29-11-16-23-19(24-30-16)13-9-7-8-10-15(13)28-6-2/h7-10,22H,5-6,11H2,1-4H3. The molecule has 9 heteroatoms. The lowest BCUT2D eigenvalue weighted by atomic mass is 10.1. The Hall–Kier alpha value is -3.62. The normalized spacial score (nSPS) is 10.7. The molecule has 3 rings (SSSR count). The van der Waals surface area contributed by atoms with E-state index < -0.39 is 11.9 Å². The number of carbonyl (C=O) groups excluding carboxylic acids is 2. The first kappa shape index (κ1) is 21.1. The minimum atomic E-state index is -0.633. The molecule has 0 aliphatic rings.